The molecule has 1 saturated carbocycles. The molecule has 1 aromatic carbocycles. The van der Waals surface area contributed by atoms with Crippen LogP contribution >= 0.6 is 0 Å². The average molecular weight is 260 g/mol. The smallest absolute Gasteiger partial charge is 0.163 e. The monoisotopic (exact) mass is 260 g/mol. The summed E-state index contributed by atoms with van der Waals surface area (Å²) < 4.78 is 5.60. The molecule has 1 aliphatic rings. The Balaban J connectivity index is 1.84. The quantitative estimate of drug-likeness (QED) is 0.528. The summed E-state index contributed by atoms with van der Waals surface area (Å²) in [6, 6.07) is 7.63. The first-order chi connectivity index (χ1) is 9.29. The van der Waals surface area contributed by atoms with Gasteiger partial charge in [0.15, 0.2) is 5.78 Å². The van der Waals surface area contributed by atoms with Gasteiger partial charge in [-0.05, 0) is 36.6 Å². The summed E-state index contributed by atoms with van der Waals surface area (Å²) in [5.41, 5.74) is 0.828. The van der Waals surface area contributed by atoms with Crippen molar-refractivity contribution in [1.29, 1.82) is 0 Å². The van der Waals surface area contributed by atoms with Gasteiger partial charge in [0.25, 0.3) is 0 Å². The van der Waals surface area contributed by atoms with E-state index in [9.17, 15) is 4.79 Å². The maximum Gasteiger partial charge on any atom is 0.163 e. The third-order valence-electron chi connectivity index (χ3n) is 3.89. The molecule has 0 spiro atoms. The Labute approximate surface area is 116 Å². The normalized spacial score (nSPS) is 15.6. The second-order valence-electron chi connectivity index (χ2n) is 5.50. The SMILES string of the molecule is CCCCOc1ccc(C(=O)CC2CCCC2)cc1. The first kappa shape index (κ1) is 14.1. The summed E-state index contributed by atoms with van der Waals surface area (Å²) in [6.45, 7) is 2.90. The highest BCUT2D eigenvalue weighted by molar-refractivity contribution is 5.96. The molecule has 0 heterocycles. The number of rotatable bonds is 7. The van der Waals surface area contributed by atoms with Crippen LogP contribution < -0.4 is 4.74 Å². The first-order valence-corrected chi connectivity index (χ1v) is 7.55. The lowest BCUT2D eigenvalue weighted by Gasteiger charge is -2.09. The largest absolute Gasteiger partial charge is 0.494 e. The second kappa shape index (κ2) is 7.32. The number of unbranched alkanes of at least 4 members (excludes halogenated alkanes) is 1. The van der Waals surface area contributed by atoms with Gasteiger partial charge in [0.05, 0.1) is 6.61 Å². The molecule has 2 heteroatoms. The van der Waals surface area contributed by atoms with Crippen molar-refractivity contribution < 1.29 is 9.53 Å². The van der Waals surface area contributed by atoms with Crippen molar-refractivity contribution in [3.05, 3.63) is 29.8 Å². The van der Waals surface area contributed by atoms with E-state index in [1.165, 1.54) is 25.7 Å². The predicted octanol–water partition coefficient (Wildman–Crippen LogP) is 4.63. The Morgan fingerprint density at radius 2 is 1.89 bits per heavy atom. The zero-order valence-electron chi connectivity index (χ0n) is 11.9. The minimum atomic E-state index is 0.284. The zero-order chi connectivity index (χ0) is 13.5. The molecule has 0 unspecified atom stereocenters. The summed E-state index contributed by atoms with van der Waals surface area (Å²) in [5.74, 6) is 1.77. The topological polar surface area (TPSA) is 26.3 Å². The molecule has 2 nitrogen and oxygen atoms in total. The Bertz CT molecular complexity index is 388. The molecular formula is C17H24O2. The number of ketones is 1. The number of hydrogen-bond acceptors (Lipinski definition) is 2. The van der Waals surface area contributed by atoms with Crippen LogP contribution in [0.15, 0.2) is 24.3 Å². The van der Waals surface area contributed by atoms with Gasteiger partial charge in [0, 0.05) is 12.0 Å². The Kier molecular flexibility index (Phi) is 5.44. The number of hydrogen-bond donors (Lipinski definition) is 0. The van der Waals surface area contributed by atoms with Crippen LogP contribution in [0, 0.1) is 5.92 Å². The molecule has 0 aromatic heterocycles. The minimum absolute atomic E-state index is 0.284. The Morgan fingerprint density at radius 1 is 1.21 bits per heavy atom. The Morgan fingerprint density at radius 3 is 2.53 bits per heavy atom. The highest BCUT2D eigenvalue weighted by Gasteiger charge is 2.19. The maximum atomic E-state index is 12.1. The molecule has 0 atom stereocenters. The van der Waals surface area contributed by atoms with E-state index in [4.69, 9.17) is 4.74 Å². The third kappa shape index (κ3) is 4.38. The van der Waals surface area contributed by atoms with Crippen LogP contribution in [0.4, 0.5) is 0 Å². The summed E-state index contributed by atoms with van der Waals surface area (Å²) in [6.07, 6.45) is 7.97. The number of Topliss-reactive ketones (excluding diaryl/α,β-unsaturated/α-hetero) is 1. The molecule has 0 N–H and O–H groups in total. The van der Waals surface area contributed by atoms with Crippen LogP contribution in [-0.4, -0.2) is 12.4 Å². The summed E-state index contributed by atoms with van der Waals surface area (Å²) in [4.78, 5) is 12.1. The van der Waals surface area contributed by atoms with E-state index in [1.54, 1.807) is 0 Å². The van der Waals surface area contributed by atoms with Gasteiger partial charge in [-0.1, -0.05) is 39.0 Å². The van der Waals surface area contributed by atoms with Crippen LogP contribution in [0.1, 0.15) is 62.2 Å². The minimum Gasteiger partial charge on any atom is -0.494 e. The van der Waals surface area contributed by atoms with Crippen LogP contribution in [0.5, 0.6) is 5.75 Å². The number of carbonyl (C=O) groups is 1. The third-order valence-corrected chi connectivity index (χ3v) is 3.89. The van der Waals surface area contributed by atoms with E-state index in [0.717, 1.165) is 37.2 Å². The number of ether oxygens (including phenoxy) is 1. The van der Waals surface area contributed by atoms with Gasteiger partial charge in [0.1, 0.15) is 5.75 Å². The number of carbonyl (C=O) groups excluding carboxylic acids is 1. The highest BCUT2D eigenvalue weighted by Crippen LogP contribution is 2.28. The van der Waals surface area contributed by atoms with E-state index in [2.05, 4.69) is 6.92 Å². The van der Waals surface area contributed by atoms with E-state index >= 15 is 0 Å². The molecule has 1 aromatic rings. The van der Waals surface area contributed by atoms with Crippen molar-refractivity contribution in [3.8, 4) is 5.75 Å². The molecule has 0 saturated heterocycles. The van der Waals surface area contributed by atoms with Gasteiger partial charge in [-0.2, -0.15) is 0 Å². The van der Waals surface area contributed by atoms with Crippen molar-refractivity contribution >= 4 is 5.78 Å². The first-order valence-electron chi connectivity index (χ1n) is 7.55. The zero-order valence-corrected chi connectivity index (χ0v) is 11.9. The van der Waals surface area contributed by atoms with Gasteiger partial charge in [-0.25, -0.2) is 0 Å². The van der Waals surface area contributed by atoms with Gasteiger partial charge in [0.2, 0.25) is 0 Å². The van der Waals surface area contributed by atoms with Crippen molar-refractivity contribution in [3.63, 3.8) is 0 Å². The van der Waals surface area contributed by atoms with Gasteiger partial charge in [-0.15, -0.1) is 0 Å². The molecule has 2 rings (SSSR count). The second-order valence-corrected chi connectivity index (χ2v) is 5.50. The van der Waals surface area contributed by atoms with Gasteiger partial charge < -0.3 is 4.74 Å². The fourth-order valence-electron chi connectivity index (χ4n) is 2.67. The summed E-state index contributed by atoms with van der Waals surface area (Å²) in [7, 11) is 0. The predicted molar refractivity (Wildman–Crippen MR) is 77.8 cm³/mol. The van der Waals surface area contributed by atoms with E-state index in [1.807, 2.05) is 24.3 Å². The van der Waals surface area contributed by atoms with Crippen molar-refractivity contribution in [2.24, 2.45) is 5.92 Å². The Hall–Kier alpha value is -1.31. The molecule has 104 valence electrons. The highest BCUT2D eigenvalue weighted by atomic mass is 16.5. The maximum absolute atomic E-state index is 12.1. The van der Waals surface area contributed by atoms with Crippen LogP contribution in [0.2, 0.25) is 0 Å². The molecule has 1 aliphatic carbocycles. The molecule has 1 fully saturated rings. The fourth-order valence-corrected chi connectivity index (χ4v) is 2.67. The standard InChI is InChI=1S/C17H24O2/c1-2-3-12-19-16-10-8-15(9-11-16)17(18)13-14-6-4-5-7-14/h8-11,14H,2-7,12-13H2,1H3. The van der Waals surface area contributed by atoms with Crippen LogP contribution in [-0.2, 0) is 0 Å². The lowest BCUT2D eigenvalue weighted by atomic mass is 9.97. The molecule has 0 radical (unpaired) electrons. The molecule has 19 heavy (non-hydrogen) atoms. The molecule has 0 amide bonds. The number of benzene rings is 1. The van der Waals surface area contributed by atoms with Crippen LogP contribution in [0.25, 0.3) is 0 Å². The van der Waals surface area contributed by atoms with Gasteiger partial charge in [-0.3, -0.25) is 4.79 Å². The lowest BCUT2D eigenvalue weighted by Crippen LogP contribution is -2.06. The van der Waals surface area contributed by atoms with E-state index < -0.39 is 0 Å². The van der Waals surface area contributed by atoms with Crippen molar-refractivity contribution in [1.82, 2.24) is 0 Å². The van der Waals surface area contributed by atoms with Crippen molar-refractivity contribution in [2.75, 3.05) is 6.61 Å². The molecular weight excluding hydrogens is 236 g/mol. The molecule has 0 aliphatic heterocycles. The average Bonchev–Trinajstić information content (AvgIpc) is 2.93. The van der Waals surface area contributed by atoms with Crippen molar-refractivity contribution in [2.45, 2.75) is 51.9 Å². The molecule has 0 bridgehead atoms. The van der Waals surface area contributed by atoms with E-state index in [-0.39, 0.29) is 5.78 Å². The van der Waals surface area contributed by atoms with Crippen LogP contribution in [0.3, 0.4) is 0 Å². The lowest BCUT2D eigenvalue weighted by molar-refractivity contribution is 0.0962. The fraction of sp³-hybridized carbons (Fsp3) is 0.588. The summed E-state index contributed by atoms with van der Waals surface area (Å²) >= 11 is 0. The van der Waals surface area contributed by atoms with E-state index in [0.29, 0.717) is 5.92 Å². The summed E-state index contributed by atoms with van der Waals surface area (Å²) in [5, 5.41) is 0. The van der Waals surface area contributed by atoms with Gasteiger partial charge >= 0.3 is 0 Å².